The van der Waals surface area contributed by atoms with Gasteiger partial charge in [-0.05, 0) is 68.1 Å². The number of fused-ring (bicyclic) bond motifs is 1. The van der Waals surface area contributed by atoms with Crippen molar-refractivity contribution in [3.63, 3.8) is 0 Å². The molecule has 0 unspecified atom stereocenters. The molecule has 0 bridgehead atoms. The zero-order valence-corrected chi connectivity index (χ0v) is 19.2. The molecule has 1 aliphatic carbocycles. The molecule has 0 spiro atoms. The van der Waals surface area contributed by atoms with Gasteiger partial charge in [-0.3, -0.25) is 9.69 Å². The molecule has 0 radical (unpaired) electrons. The molecule has 33 heavy (non-hydrogen) atoms. The van der Waals surface area contributed by atoms with Gasteiger partial charge in [0, 0.05) is 24.8 Å². The highest BCUT2D eigenvalue weighted by Gasteiger charge is 2.27. The van der Waals surface area contributed by atoms with Crippen molar-refractivity contribution in [2.24, 2.45) is 0 Å². The molecule has 0 aromatic heterocycles. The summed E-state index contributed by atoms with van der Waals surface area (Å²) in [6.45, 7) is 2.26. The quantitative estimate of drug-likeness (QED) is 0.685. The fraction of sp³-hybridized carbons (Fsp3) is 0.481. The molecule has 6 nitrogen and oxygen atoms in total. The molecule has 4 rings (SSSR count). The van der Waals surface area contributed by atoms with Gasteiger partial charge in [0.15, 0.2) is 6.61 Å². The molecule has 1 N–H and O–H groups in total. The maximum Gasteiger partial charge on any atom is 0.335 e. The van der Waals surface area contributed by atoms with Crippen LogP contribution in [0, 0.1) is 0 Å². The molecule has 2 aromatic carbocycles. The summed E-state index contributed by atoms with van der Waals surface area (Å²) in [7, 11) is 0. The second-order valence-electron chi connectivity index (χ2n) is 9.12. The molecule has 1 saturated carbocycles. The van der Waals surface area contributed by atoms with Crippen LogP contribution in [-0.4, -0.2) is 47.6 Å². The van der Waals surface area contributed by atoms with Gasteiger partial charge in [-0.15, -0.1) is 0 Å². The van der Waals surface area contributed by atoms with Crippen LogP contribution in [0.15, 0.2) is 48.5 Å². The number of aromatic carboxylic acids is 1. The highest BCUT2D eigenvalue weighted by atomic mass is 16.5. The molecule has 2 aliphatic rings. The summed E-state index contributed by atoms with van der Waals surface area (Å²) < 4.78 is 5.76. The number of rotatable bonds is 5. The van der Waals surface area contributed by atoms with Crippen molar-refractivity contribution < 1.29 is 19.4 Å². The first-order valence-corrected chi connectivity index (χ1v) is 12.2. The van der Waals surface area contributed by atoms with E-state index in [0.717, 1.165) is 37.1 Å². The largest absolute Gasteiger partial charge is 0.484 e. The van der Waals surface area contributed by atoms with E-state index in [1.165, 1.54) is 32.1 Å². The Labute approximate surface area is 196 Å². The molecule has 1 heterocycles. The second kappa shape index (κ2) is 11.3. The molecule has 2 aromatic rings. The SMILES string of the molecule is O=C(O)c1ccc2c(c1)CN(C1CCC1)CCCCCCCN2C(=O)COc1ccccc1. The number of anilines is 1. The van der Waals surface area contributed by atoms with E-state index in [4.69, 9.17) is 4.74 Å². The van der Waals surface area contributed by atoms with Crippen LogP contribution in [0.3, 0.4) is 0 Å². The van der Waals surface area contributed by atoms with Gasteiger partial charge in [0.1, 0.15) is 5.75 Å². The Morgan fingerprint density at radius 2 is 1.64 bits per heavy atom. The Bertz CT molecular complexity index is 942. The van der Waals surface area contributed by atoms with Crippen LogP contribution in [-0.2, 0) is 11.3 Å². The Morgan fingerprint density at radius 1 is 0.909 bits per heavy atom. The summed E-state index contributed by atoms with van der Waals surface area (Å²) in [5.41, 5.74) is 1.99. The first kappa shape index (κ1) is 23.3. The van der Waals surface area contributed by atoms with Crippen molar-refractivity contribution in [2.75, 3.05) is 24.6 Å². The van der Waals surface area contributed by atoms with Gasteiger partial charge < -0.3 is 14.7 Å². The molecule has 6 heteroatoms. The minimum absolute atomic E-state index is 0.0452. The summed E-state index contributed by atoms with van der Waals surface area (Å²) in [6, 6.07) is 15.1. The highest BCUT2D eigenvalue weighted by molar-refractivity contribution is 5.96. The van der Waals surface area contributed by atoms with Crippen LogP contribution in [0.1, 0.15) is 67.3 Å². The Hall–Kier alpha value is -2.86. The fourth-order valence-electron chi connectivity index (χ4n) is 4.70. The lowest BCUT2D eigenvalue weighted by atomic mass is 9.90. The van der Waals surface area contributed by atoms with E-state index < -0.39 is 5.97 Å². The molecule has 1 fully saturated rings. The zero-order chi connectivity index (χ0) is 23.0. The topological polar surface area (TPSA) is 70.1 Å². The number of ether oxygens (including phenoxy) is 1. The number of benzene rings is 2. The minimum Gasteiger partial charge on any atom is -0.484 e. The third kappa shape index (κ3) is 6.14. The molecular formula is C27H34N2O4. The van der Waals surface area contributed by atoms with Crippen LogP contribution in [0.2, 0.25) is 0 Å². The maximum absolute atomic E-state index is 13.3. The van der Waals surface area contributed by atoms with E-state index in [1.54, 1.807) is 12.1 Å². The standard InChI is InChI=1S/C27H34N2O4/c30-26(20-33-24-12-5-4-6-13-24)29-17-8-3-1-2-7-16-28(23-10-9-11-23)19-22-18-21(27(31)32)14-15-25(22)29/h4-6,12-15,18,23H,1-3,7-11,16-17,19-20H2,(H,31,32). The number of nitrogens with zero attached hydrogens (tertiary/aromatic N) is 2. The predicted octanol–water partition coefficient (Wildman–Crippen LogP) is 5.12. The van der Waals surface area contributed by atoms with E-state index in [-0.39, 0.29) is 18.1 Å². The lowest BCUT2D eigenvalue weighted by Gasteiger charge is -2.39. The number of amides is 1. The average molecular weight is 451 g/mol. The number of hydrogen-bond donors (Lipinski definition) is 1. The number of para-hydroxylation sites is 1. The van der Waals surface area contributed by atoms with Crippen molar-refractivity contribution in [1.82, 2.24) is 4.90 Å². The normalized spacial score (nSPS) is 18.4. The van der Waals surface area contributed by atoms with Crippen molar-refractivity contribution in [1.29, 1.82) is 0 Å². The maximum atomic E-state index is 13.3. The third-order valence-electron chi connectivity index (χ3n) is 6.82. The number of carboxylic acids is 1. The summed E-state index contributed by atoms with van der Waals surface area (Å²) >= 11 is 0. The Morgan fingerprint density at radius 3 is 2.33 bits per heavy atom. The van der Waals surface area contributed by atoms with Gasteiger partial charge in [-0.1, -0.05) is 43.9 Å². The smallest absolute Gasteiger partial charge is 0.335 e. The van der Waals surface area contributed by atoms with Gasteiger partial charge in [0.2, 0.25) is 0 Å². The summed E-state index contributed by atoms with van der Waals surface area (Å²) in [6.07, 6.45) is 9.17. The summed E-state index contributed by atoms with van der Waals surface area (Å²) in [5.74, 6) is -0.377. The van der Waals surface area contributed by atoms with Crippen molar-refractivity contribution in [2.45, 2.75) is 64.0 Å². The number of carbonyl (C=O) groups is 2. The summed E-state index contributed by atoms with van der Waals surface area (Å²) in [4.78, 5) is 29.3. The zero-order valence-electron chi connectivity index (χ0n) is 19.2. The monoisotopic (exact) mass is 450 g/mol. The van der Waals surface area contributed by atoms with Crippen molar-refractivity contribution >= 4 is 17.6 Å². The van der Waals surface area contributed by atoms with Crippen molar-refractivity contribution in [3.05, 3.63) is 59.7 Å². The van der Waals surface area contributed by atoms with E-state index in [1.807, 2.05) is 41.3 Å². The lowest BCUT2D eigenvalue weighted by molar-refractivity contribution is -0.120. The van der Waals surface area contributed by atoms with Gasteiger partial charge in [0.05, 0.1) is 5.56 Å². The van der Waals surface area contributed by atoms with Gasteiger partial charge in [-0.25, -0.2) is 4.79 Å². The predicted molar refractivity (Wildman–Crippen MR) is 129 cm³/mol. The molecule has 1 aliphatic heterocycles. The van der Waals surface area contributed by atoms with E-state index in [0.29, 0.717) is 24.9 Å². The first-order chi connectivity index (χ1) is 16.1. The molecule has 1 amide bonds. The Balaban J connectivity index is 1.62. The third-order valence-corrected chi connectivity index (χ3v) is 6.82. The van der Waals surface area contributed by atoms with Crippen molar-refractivity contribution in [3.8, 4) is 5.75 Å². The molecular weight excluding hydrogens is 416 g/mol. The van der Waals surface area contributed by atoms with Crippen LogP contribution in [0.25, 0.3) is 0 Å². The van der Waals surface area contributed by atoms with Gasteiger partial charge in [-0.2, -0.15) is 0 Å². The number of hydrogen-bond acceptors (Lipinski definition) is 4. The van der Waals surface area contributed by atoms with Crippen LogP contribution in [0.5, 0.6) is 5.75 Å². The number of carbonyl (C=O) groups excluding carboxylic acids is 1. The van der Waals surface area contributed by atoms with Gasteiger partial charge >= 0.3 is 5.97 Å². The van der Waals surface area contributed by atoms with E-state index in [9.17, 15) is 14.7 Å². The molecule has 176 valence electrons. The average Bonchev–Trinajstić information content (AvgIpc) is 2.78. The highest BCUT2D eigenvalue weighted by Crippen LogP contribution is 2.31. The minimum atomic E-state index is -0.940. The van der Waals surface area contributed by atoms with Gasteiger partial charge in [0.25, 0.3) is 5.91 Å². The second-order valence-corrected chi connectivity index (χ2v) is 9.12. The van der Waals surface area contributed by atoms with Crippen LogP contribution < -0.4 is 9.64 Å². The Kier molecular flexibility index (Phi) is 8.00. The van der Waals surface area contributed by atoms with Crippen LogP contribution >= 0.6 is 0 Å². The molecule has 0 atom stereocenters. The first-order valence-electron chi connectivity index (χ1n) is 12.2. The fourth-order valence-corrected chi connectivity index (χ4v) is 4.70. The van der Waals surface area contributed by atoms with E-state index in [2.05, 4.69) is 4.90 Å². The lowest BCUT2D eigenvalue weighted by Crippen LogP contribution is -2.41. The van der Waals surface area contributed by atoms with E-state index >= 15 is 0 Å². The van der Waals surface area contributed by atoms with Crippen LogP contribution in [0.4, 0.5) is 5.69 Å². The summed E-state index contributed by atoms with van der Waals surface area (Å²) in [5, 5.41) is 9.60. The number of carboxylic acid groups (broad SMARTS) is 1. The molecule has 0 saturated heterocycles.